The Morgan fingerprint density at radius 3 is 2.60 bits per heavy atom. The molecule has 0 radical (unpaired) electrons. The van der Waals surface area contributed by atoms with Gasteiger partial charge in [-0.1, -0.05) is 0 Å². The van der Waals surface area contributed by atoms with Crippen molar-refractivity contribution in [3.8, 4) is 0 Å². The Kier molecular flexibility index (Phi) is 1.92. The minimum Gasteiger partial charge on any atom is -0.381 e. The van der Waals surface area contributed by atoms with Gasteiger partial charge in [-0.15, -0.1) is 0 Å². The number of ether oxygens (including phenoxy) is 1. The van der Waals surface area contributed by atoms with Gasteiger partial charge in [0.05, 0.1) is 6.10 Å². The van der Waals surface area contributed by atoms with Gasteiger partial charge in [-0.25, -0.2) is 0 Å². The minimum absolute atomic E-state index is 0.137. The van der Waals surface area contributed by atoms with Crippen LogP contribution in [0.1, 0.15) is 6.92 Å². The molecule has 1 aliphatic heterocycles. The van der Waals surface area contributed by atoms with E-state index in [1.165, 1.54) is 7.11 Å². The van der Waals surface area contributed by atoms with E-state index in [0.717, 1.165) is 0 Å². The van der Waals surface area contributed by atoms with Crippen LogP contribution in [-0.4, -0.2) is 30.5 Å². The first-order valence-electron chi connectivity index (χ1n) is 3.18. The second-order valence-corrected chi connectivity index (χ2v) is 2.42. The molecule has 0 aromatic carbocycles. The summed E-state index contributed by atoms with van der Waals surface area (Å²) in [4.78, 5) is 10.7. The van der Waals surface area contributed by atoms with Crippen molar-refractivity contribution in [2.24, 2.45) is 5.92 Å². The number of β-lactam (4-membered cyclic amide) rings is 1. The normalized spacial score (nSPS) is 34.5. The SMILES string of the molecule is COC(C)[C@H]1C(=O)NC1O. The highest BCUT2D eigenvalue weighted by Gasteiger charge is 2.41. The molecule has 0 aliphatic carbocycles. The second kappa shape index (κ2) is 2.56. The maximum atomic E-state index is 10.7. The van der Waals surface area contributed by atoms with Gasteiger partial charge < -0.3 is 15.2 Å². The van der Waals surface area contributed by atoms with Crippen molar-refractivity contribution in [3.05, 3.63) is 0 Å². The Morgan fingerprint density at radius 1 is 1.80 bits per heavy atom. The van der Waals surface area contributed by atoms with Crippen molar-refractivity contribution in [1.29, 1.82) is 0 Å². The summed E-state index contributed by atoms with van der Waals surface area (Å²) in [6, 6.07) is 0. The second-order valence-electron chi connectivity index (χ2n) is 2.42. The molecular weight excluding hydrogens is 134 g/mol. The lowest BCUT2D eigenvalue weighted by molar-refractivity contribution is -0.156. The molecule has 0 aromatic rings. The van der Waals surface area contributed by atoms with Crippen molar-refractivity contribution in [1.82, 2.24) is 5.32 Å². The number of amides is 1. The van der Waals surface area contributed by atoms with Crippen LogP contribution in [0.3, 0.4) is 0 Å². The van der Waals surface area contributed by atoms with Crippen LogP contribution < -0.4 is 5.32 Å². The van der Waals surface area contributed by atoms with E-state index in [9.17, 15) is 4.79 Å². The number of aliphatic hydroxyl groups is 1. The Morgan fingerprint density at radius 2 is 2.40 bits per heavy atom. The third-order valence-electron chi connectivity index (χ3n) is 1.81. The van der Waals surface area contributed by atoms with E-state index in [4.69, 9.17) is 9.84 Å². The van der Waals surface area contributed by atoms with Crippen molar-refractivity contribution in [2.45, 2.75) is 19.3 Å². The Bertz CT molecular complexity index is 148. The molecule has 0 bridgehead atoms. The standard InChI is InChI=1S/C6H11NO3/c1-3(10-2)4-5(8)7-6(4)9/h3-5,8H,1-2H3,(H,7,9)/t3?,4-,5?/m1/s1. The quantitative estimate of drug-likeness (QED) is 0.494. The fourth-order valence-electron chi connectivity index (χ4n) is 0.995. The number of hydrogen-bond acceptors (Lipinski definition) is 3. The molecule has 2 unspecified atom stereocenters. The van der Waals surface area contributed by atoms with E-state index in [-0.39, 0.29) is 17.9 Å². The van der Waals surface area contributed by atoms with E-state index in [1.807, 2.05) is 0 Å². The summed E-state index contributed by atoms with van der Waals surface area (Å²) >= 11 is 0. The van der Waals surface area contributed by atoms with Crippen LogP contribution in [-0.2, 0) is 9.53 Å². The van der Waals surface area contributed by atoms with Crippen LogP contribution in [0.15, 0.2) is 0 Å². The number of hydrogen-bond donors (Lipinski definition) is 2. The molecule has 4 heteroatoms. The van der Waals surface area contributed by atoms with Gasteiger partial charge in [0.1, 0.15) is 12.1 Å². The predicted octanol–water partition coefficient (Wildman–Crippen LogP) is -0.914. The van der Waals surface area contributed by atoms with Gasteiger partial charge in [-0.05, 0) is 6.92 Å². The highest BCUT2D eigenvalue weighted by Crippen LogP contribution is 2.18. The lowest BCUT2D eigenvalue weighted by atomic mass is 9.94. The molecule has 10 heavy (non-hydrogen) atoms. The summed E-state index contributed by atoms with van der Waals surface area (Å²) in [6.07, 6.45) is -0.925. The van der Waals surface area contributed by atoms with E-state index < -0.39 is 6.23 Å². The van der Waals surface area contributed by atoms with Gasteiger partial charge in [0.2, 0.25) is 5.91 Å². The van der Waals surface area contributed by atoms with Crippen molar-refractivity contribution >= 4 is 5.91 Å². The number of aliphatic hydroxyl groups excluding tert-OH is 1. The third kappa shape index (κ3) is 0.998. The molecule has 1 saturated heterocycles. The molecule has 0 aromatic heterocycles. The molecule has 0 spiro atoms. The monoisotopic (exact) mass is 145 g/mol. The van der Waals surface area contributed by atoms with Gasteiger partial charge in [-0.3, -0.25) is 4.79 Å². The van der Waals surface area contributed by atoms with Crippen LogP contribution in [0.25, 0.3) is 0 Å². The van der Waals surface area contributed by atoms with Crippen LogP contribution in [0.4, 0.5) is 0 Å². The fraction of sp³-hybridized carbons (Fsp3) is 0.833. The molecule has 1 heterocycles. The zero-order valence-electron chi connectivity index (χ0n) is 6.00. The number of methoxy groups -OCH3 is 1. The zero-order chi connectivity index (χ0) is 7.72. The first-order valence-corrected chi connectivity index (χ1v) is 3.18. The van der Waals surface area contributed by atoms with Gasteiger partial charge in [0.15, 0.2) is 0 Å². The van der Waals surface area contributed by atoms with Gasteiger partial charge in [0, 0.05) is 7.11 Å². The predicted molar refractivity (Wildman–Crippen MR) is 34.1 cm³/mol. The van der Waals surface area contributed by atoms with E-state index in [2.05, 4.69) is 5.32 Å². The highest BCUT2D eigenvalue weighted by atomic mass is 16.5. The number of rotatable bonds is 2. The summed E-state index contributed by atoms with van der Waals surface area (Å²) < 4.78 is 4.87. The third-order valence-corrected chi connectivity index (χ3v) is 1.81. The Hall–Kier alpha value is -0.610. The summed E-state index contributed by atoms with van der Waals surface area (Å²) in [5.41, 5.74) is 0. The Balaban J connectivity index is 2.46. The average Bonchev–Trinajstić information content (AvgIpc) is 1.87. The molecule has 1 aliphatic rings. The highest BCUT2D eigenvalue weighted by molar-refractivity contribution is 5.85. The van der Waals surface area contributed by atoms with Crippen LogP contribution in [0, 0.1) is 5.92 Å². The molecular formula is C6H11NO3. The van der Waals surface area contributed by atoms with Crippen molar-refractivity contribution in [2.75, 3.05) is 7.11 Å². The fourth-order valence-corrected chi connectivity index (χ4v) is 0.995. The summed E-state index contributed by atoms with van der Waals surface area (Å²) in [7, 11) is 1.52. The van der Waals surface area contributed by atoms with E-state index in [0.29, 0.717) is 0 Å². The molecule has 1 amide bonds. The van der Waals surface area contributed by atoms with E-state index in [1.54, 1.807) is 6.92 Å². The average molecular weight is 145 g/mol. The molecule has 0 saturated carbocycles. The van der Waals surface area contributed by atoms with Crippen LogP contribution in [0.2, 0.25) is 0 Å². The zero-order valence-corrected chi connectivity index (χ0v) is 6.00. The number of carbonyl (C=O) groups is 1. The molecule has 58 valence electrons. The Labute approximate surface area is 59.2 Å². The molecule has 1 rings (SSSR count). The molecule has 4 nitrogen and oxygen atoms in total. The lowest BCUT2D eigenvalue weighted by Gasteiger charge is -2.35. The summed E-state index contributed by atoms with van der Waals surface area (Å²) in [5.74, 6) is -0.521. The topological polar surface area (TPSA) is 58.6 Å². The van der Waals surface area contributed by atoms with Gasteiger partial charge in [-0.2, -0.15) is 0 Å². The molecule has 1 fully saturated rings. The molecule has 2 N–H and O–H groups in total. The molecule has 3 atom stereocenters. The van der Waals surface area contributed by atoms with Crippen molar-refractivity contribution in [3.63, 3.8) is 0 Å². The number of nitrogens with one attached hydrogen (secondary N) is 1. The van der Waals surface area contributed by atoms with Gasteiger partial charge >= 0.3 is 0 Å². The number of carbonyl (C=O) groups excluding carboxylic acids is 1. The van der Waals surface area contributed by atoms with Crippen molar-refractivity contribution < 1.29 is 14.6 Å². The first-order chi connectivity index (χ1) is 4.66. The van der Waals surface area contributed by atoms with Crippen LogP contribution in [0.5, 0.6) is 0 Å². The van der Waals surface area contributed by atoms with Crippen LogP contribution >= 0.6 is 0 Å². The maximum absolute atomic E-state index is 10.7. The first kappa shape index (κ1) is 7.50. The van der Waals surface area contributed by atoms with E-state index >= 15 is 0 Å². The van der Waals surface area contributed by atoms with Gasteiger partial charge in [0.25, 0.3) is 0 Å². The lowest BCUT2D eigenvalue weighted by Crippen LogP contribution is -2.62. The minimum atomic E-state index is -0.720. The summed E-state index contributed by atoms with van der Waals surface area (Å²) in [6.45, 7) is 1.76. The largest absolute Gasteiger partial charge is 0.381 e. The smallest absolute Gasteiger partial charge is 0.232 e. The summed E-state index contributed by atoms with van der Waals surface area (Å²) in [5, 5.41) is 11.3. The maximum Gasteiger partial charge on any atom is 0.232 e.